The molecule has 0 bridgehead atoms. The van der Waals surface area contributed by atoms with Crippen molar-refractivity contribution in [3.63, 3.8) is 0 Å². The number of likely N-dealkylation sites (N-methyl/N-ethyl adjacent to an activating group) is 1. The summed E-state index contributed by atoms with van der Waals surface area (Å²) in [4.78, 5) is 14.0. The van der Waals surface area contributed by atoms with E-state index >= 15 is 0 Å². The lowest BCUT2D eigenvalue weighted by Gasteiger charge is -2.20. The van der Waals surface area contributed by atoms with E-state index in [2.05, 4.69) is 15.9 Å². The van der Waals surface area contributed by atoms with Gasteiger partial charge < -0.3 is 10.6 Å². The Bertz CT molecular complexity index is 405. The van der Waals surface area contributed by atoms with Gasteiger partial charge in [0, 0.05) is 11.0 Å². The molecule has 0 aliphatic rings. The van der Waals surface area contributed by atoms with Gasteiger partial charge in [0.2, 0.25) is 5.91 Å². The third kappa shape index (κ3) is 4.83. The van der Waals surface area contributed by atoms with Gasteiger partial charge in [0.05, 0.1) is 18.0 Å². The Hall–Kier alpha value is -0.940. The lowest BCUT2D eigenvalue weighted by Crippen LogP contribution is -2.38. The number of hydrogen-bond donors (Lipinski definition) is 1. The van der Waals surface area contributed by atoms with Crippen LogP contribution in [-0.4, -0.2) is 28.9 Å². The molecule has 0 aromatic heterocycles. The summed E-state index contributed by atoms with van der Waals surface area (Å²) in [6.07, 6.45) is 0.379. The summed E-state index contributed by atoms with van der Waals surface area (Å²) in [5, 5.41) is 0. The van der Waals surface area contributed by atoms with Crippen molar-refractivity contribution in [2.24, 2.45) is 5.73 Å². The summed E-state index contributed by atoms with van der Waals surface area (Å²) < 4.78 is 1.00. The zero-order valence-electron chi connectivity index (χ0n) is 9.65. The van der Waals surface area contributed by atoms with Gasteiger partial charge in [-0.05, 0) is 24.6 Å². The number of nitrogens with two attached hydrogens (primary N) is 1. The van der Waals surface area contributed by atoms with Crippen molar-refractivity contribution < 1.29 is 4.79 Å². The molecule has 92 valence electrons. The first-order valence-electron chi connectivity index (χ1n) is 5.33. The Morgan fingerprint density at radius 2 is 2.00 bits per heavy atom. The summed E-state index contributed by atoms with van der Waals surface area (Å²) >= 11 is 8.17. The van der Waals surface area contributed by atoms with E-state index in [4.69, 9.17) is 18.0 Å². The van der Waals surface area contributed by atoms with Crippen molar-refractivity contribution in [1.29, 1.82) is 0 Å². The SMILES string of the molecule is CCN(CC(N)=S)C(=O)Cc1ccc(Br)cc1. The lowest BCUT2D eigenvalue weighted by atomic mass is 10.1. The molecule has 1 aromatic rings. The second-order valence-corrected chi connectivity index (χ2v) is 5.12. The number of halogens is 1. The maximum Gasteiger partial charge on any atom is 0.227 e. The first kappa shape index (κ1) is 14.1. The summed E-state index contributed by atoms with van der Waals surface area (Å²) in [5.74, 6) is 0.0441. The van der Waals surface area contributed by atoms with E-state index in [1.54, 1.807) is 4.90 Å². The van der Waals surface area contributed by atoms with E-state index in [-0.39, 0.29) is 5.91 Å². The fourth-order valence-electron chi connectivity index (χ4n) is 1.45. The van der Waals surface area contributed by atoms with Gasteiger partial charge in [0.15, 0.2) is 0 Å². The Labute approximate surface area is 115 Å². The number of rotatable bonds is 5. The van der Waals surface area contributed by atoms with Crippen LogP contribution in [0.1, 0.15) is 12.5 Å². The van der Waals surface area contributed by atoms with Crippen LogP contribution in [0.15, 0.2) is 28.7 Å². The minimum Gasteiger partial charge on any atom is -0.392 e. The molecule has 0 atom stereocenters. The molecule has 17 heavy (non-hydrogen) atoms. The normalized spacial score (nSPS) is 10.0. The molecule has 0 heterocycles. The average molecular weight is 315 g/mol. The third-order valence-corrected chi connectivity index (χ3v) is 3.01. The molecule has 0 unspecified atom stereocenters. The minimum absolute atomic E-state index is 0.0441. The quantitative estimate of drug-likeness (QED) is 0.847. The van der Waals surface area contributed by atoms with Crippen molar-refractivity contribution in [1.82, 2.24) is 4.90 Å². The van der Waals surface area contributed by atoms with Gasteiger partial charge in [0.1, 0.15) is 0 Å². The number of carbonyl (C=O) groups excluding carboxylic acids is 1. The van der Waals surface area contributed by atoms with E-state index in [1.807, 2.05) is 31.2 Å². The minimum atomic E-state index is 0.0441. The van der Waals surface area contributed by atoms with Crippen molar-refractivity contribution in [2.75, 3.05) is 13.1 Å². The van der Waals surface area contributed by atoms with E-state index in [0.29, 0.717) is 24.5 Å². The summed E-state index contributed by atoms with van der Waals surface area (Å²) in [5.41, 5.74) is 6.44. The van der Waals surface area contributed by atoms with Crippen molar-refractivity contribution in [3.8, 4) is 0 Å². The van der Waals surface area contributed by atoms with E-state index in [1.165, 1.54) is 0 Å². The highest BCUT2D eigenvalue weighted by Gasteiger charge is 2.12. The summed E-state index contributed by atoms with van der Waals surface area (Å²) in [6, 6.07) is 7.70. The monoisotopic (exact) mass is 314 g/mol. The number of benzene rings is 1. The fourth-order valence-corrected chi connectivity index (χ4v) is 1.87. The summed E-state index contributed by atoms with van der Waals surface area (Å²) in [7, 11) is 0. The topological polar surface area (TPSA) is 46.3 Å². The molecule has 5 heteroatoms. The number of amides is 1. The van der Waals surface area contributed by atoms with Gasteiger partial charge in [0.25, 0.3) is 0 Å². The number of carbonyl (C=O) groups is 1. The van der Waals surface area contributed by atoms with Crippen molar-refractivity contribution in [3.05, 3.63) is 34.3 Å². The first-order valence-corrected chi connectivity index (χ1v) is 6.53. The van der Waals surface area contributed by atoms with Gasteiger partial charge in [-0.2, -0.15) is 0 Å². The predicted molar refractivity (Wildman–Crippen MR) is 76.9 cm³/mol. The van der Waals surface area contributed by atoms with Gasteiger partial charge in [-0.15, -0.1) is 0 Å². The molecular weight excluding hydrogens is 300 g/mol. The van der Waals surface area contributed by atoms with Gasteiger partial charge in [-0.3, -0.25) is 4.79 Å². The highest BCUT2D eigenvalue weighted by Crippen LogP contribution is 2.11. The van der Waals surface area contributed by atoms with Crippen LogP contribution in [0.25, 0.3) is 0 Å². The van der Waals surface area contributed by atoms with Crippen LogP contribution in [0, 0.1) is 0 Å². The molecule has 0 saturated heterocycles. The van der Waals surface area contributed by atoms with Crippen LogP contribution in [0.2, 0.25) is 0 Å². The third-order valence-electron chi connectivity index (χ3n) is 2.35. The molecule has 0 spiro atoms. The molecule has 0 aliphatic heterocycles. The standard InChI is InChI=1S/C12H15BrN2OS/c1-2-15(8-11(14)17)12(16)7-9-3-5-10(13)6-4-9/h3-6H,2,7-8H2,1H3,(H2,14,17). The van der Waals surface area contributed by atoms with Gasteiger partial charge in [-0.25, -0.2) is 0 Å². The van der Waals surface area contributed by atoms with Crippen LogP contribution in [0.3, 0.4) is 0 Å². The van der Waals surface area contributed by atoms with Crippen molar-refractivity contribution >= 4 is 39.0 Å². The molecular formula is C12H15BrN2OS. The number of hydrogen-bond acceptors (Lipinski definition) is 2. The largest absolute Gasteiger partial charge is 0.392 e. The molecule has 1 rings (SSSR count). The average Bonchev–Trinajstić information content (AvgIpc) is 2.28. The van der Waals surface area contributed by atoms with Crippen molar-refractivity contribution in [2.45, 2.75) is 13.3 Å². The first-order chi connectivity index (χ1) is 8.02. The van der Waals surface area contributed by atoms with Crippen LogP contribution in [0.4, 0.5) is 0 Å². The Morgan fingerprint density at radius 1 is 1.41 bits per heavy atom. The molecule has 0 radical (unpaired) electrons. The number of nitrogens with zero attached hydrogens (tertiary/aromatic N) is 1. The Kier molecular flexibility index (Phi) is 5.58. The Morgan fingerprint density at radius 3 is 2.47 bits per heavy atom. The second-order valence-electron chi connectivity index (χ2n) is 3.68. The zero-order valence-corrected chi connectivity index (χ0v) is 12.1. The van der Waals surface area contributed by atoms with Crippen LogP contribution < -0.4 is 5.73 Å². The highest BCUT2D eigenvalue weighted by molar-refractivity contribution is 9.10. The van der Waals surface area contributed by atoms with Gasteiger partial charge in [-0.1, -0.05) is 40.3 Å². The van der Waals surface area contributed by atoms with E-state index < -0.39 is 0 Å². The predicted octanol–water partition coefficient (Wildman–Crippen LogP) is 2.13. The zero-order chi connectivity index (χ0) is 12.8. The summed E-state index contributed by atoms with van der Waals surface area (Å²) in [6.45, 7) is 2.88. The molecule has 0 saturated carbocycles. The van der Waals surface area contributed by atoms with Gasteiger partial charge >= 0.3 is 0 Å². The second kappa shape index (κ2) is 6.71. The molecule has 0 fully saturated rings. The van der Waals surface area contributed by atoms with E-state index in [0.717, 1.165) is 10.0 Å². The lowest BCUT2D eigenvalue weighted by molar-refractivity contribution is -0.129. The molecule has 0 aliphatic carbocycles. The molecule has 3 nitrogen and oxygen atoms in total. The van der Waals surface area contributed by atoms with Crippen LogP contribution in [-0.2, 0) is 11.2 Å². The number of thiocarbonyl (C=S) groups is 1. The maximum absolute atomic E-state index is 12.0. The Balaban J connectivity index is 2.63. The smallest absolute Gasteiger partial charge is 0.227 e. The van der Waals surface area contributed by atoms with E-state index in [9.17, 15) is 4.79 Å². The maximum atomic E-state index is 12.0. The van der Waals surface area contributed by atoms with Crippen LogP contribution >= 0.6 is 28.1 Å². The molecule has 1 amide bonds. The van der Waals surface area contributed by atoms with Crippen LogP contribution in [0.5, 0.6) is 0 Å². The molecule has 1 aromatic carbocycles. The highest BCUT2D eigenvalue weighted by atomic mass is 79.9. The molecule has 2 N–H and O–H groups in total. The fraction of sp³-hybridized carbons (Fsp3) is 0.333.